The zero-order valence-electron chi connectivity index (χ0n) is 8.21. The van der Waals surface area contributed by atoms with E-state index in [0.717, 1.165) is 6.54 Å². The minimum absolute atomic E-state index is 0.835. The molecule has 0 N–H and O–H groups in total. The summed E-state index contributed by atoms with van der Waals surface area (Å²) in [6.45, 7) is 8.33. The van der Waals surface area contributed by atoms with Crippen molar-refractivity contribution >= 4 is 8.07 Å². The third-order valence-corrected chi connectivity index (χ3v) is 3.72. The Balaban J connectivity index is 2.20. The lowest BCUT2D eigenvalue weighted by molar-refractivity contribution is -0.699. The van der Waals surface area contributed by atoms with E-state index in [-0.39, 0.29) is 0 Å². The molecule has 0 saturated carbocycles. The molecule has 1 aromatic rings. The number of aromatic nitrogens is 1. The molecule has 1 rings (SSSR count). The van der Waals surface area contributed by atoms with Crippen LogP contribution in [-0.4, -0.2) is 8.07 Å². The van der Waals surface area contributed by atoms with Crippen molar-refractivity contribution in [1.29, 1.82) is 0 Å². The van der Waals surface area contributed by atoms with Gasteiger partial charge in [-0.3, -0.25) is 0 Å². The van der Waals surface area contributed by atoms with Crippen LogP contribution in [0.15, 0.2) is 23.3 Å². The van der Waals surface area contributed by atoms with Gasteiger partial charge in [0.2, 0.25) is 6.20 Å². The number of rotatable bonds is 4. The van der Waals surface area contributed by atoms with E-state index >= 15 is 0 Å². The number of nitrogens with zero attached hydrogens (tertiary/aromatic N) is 1. The quantitative estimate of drug-likeness (QED) is 0.518. The molecule has 1 aromatic heterocycles. The van der Waals surface area contributed by atoms with Crippen LogP contribution in [-0.2, 0) is 6.54 Å². The molecule has 0 fully saturated rings. The van der Waals surface area contributed by atoms with Crippen molar-refractivity contribution < 1.29 is 8.98 Å². The summed E-state index contributed by atoms with van der Waals surface area (Å²) >= 11 is 0. The summed E-state index contributed by atoms with van der Waals surface area (Å²) in [7, 11) is -0.835. The van der Waals surface area contributed by atoms with Gasteiger partial charge < -0.3 is 4.42 Å². The molecule has 68 valence electrons. The topological polar surface area (TPSA) is 17.0 Å². The van der Waals surface area contributed by atoms with E-state index in [2.05, 4.69) is 24.2 Å². The second-order valence-corrected chi connectivity index (χ2v) is 10.1. The van der Waals surface area contributed by atoms with E-state index in [1.54, 1.807) is 12.7 Å². The second kappa shape index (κ2) is 3.89. The van der Waals surface area contributed by atoms with Gasteiger partial charge in [-0.05, 0) is 0 Å². The molecule has 0 aromatic carbocycles. The molecule has 2 nitrogen and oxygen atoms in total. The van der Waals surface area contributed by atoms with Crippen LogP contribution in [0.4, 0.5) is 0 Å². The lowest BCUT2D eigenvalue weighted by Crippen LogP contribution is -2.31. The predicted octanol–water partition coefficient (Wildman–Crippen LogP) is 2.30. The predicted molar refractivity (Wildman–Crippen MR) is 51.7 cm³/mol. The Kier molecular flexibility index (Phi) is 3.09. The van der Waals surface area contributed by atoms with Gasteiger partial charge in [0.05, 0.1) is 0 Å². The van der Waals surface area contributed by atoms with Crippen molar-refractivity contribution in [3.8, 4) is 0 Å². The molecule has 0 unspecified atom stereocenters. The minimum Gasteiger partial charge on any atom is -0.412 e. The first-order valence-electron chi connectivity index (χ1n) is 4.49. The van der Waals surface area contributed by atoms with Gasteiger partial charge in [-0.1, -0.05) is 25.7 Å². The lowest BCUT2D eigenvalue weighted by atomic mass is 10.5. The monoisotopic (exact) mass is 184 g/mol. The SMILES string of the molecule is C[Si](C)(C)CCC[n+]1ccoc1. The van der Waals surface area contributed by atoms with Crippen LogP contribution >= 0.6 is 0 Å². The van der Waals surface area contributed by atoms with Gasteiger partial charge in [-0.25, -0.2) is 0 Å². The highest BCUT2D eigenvalue weighted by Crippen LogP contribution is 2.10. The number of hydrogen-bond acceptors (Lipinski definition) is 1. The van der Waals surface area contributed by atoms with Crippen LogP contribution in [0.2, 0.25) is 25.7 Å². The number of oxazole rings is 1. The first kappa shape index (κ1) is 9.51. The van der Waals surface area contributed by atoms with Crippen LogP contribution < -0.4 is 4.57 Å². The summed E-state index contributed by atoms with van der Waals surface area (Å²) in [4.78, 5) is 0. The van der Waals surface area contributed by atoms with E-state index in [1.807, 2.05) is 6.20 Å². The van der Waals surface area contributed by atoms with Crippen molar-refractivity contribution in [3.63, 3.8) is 0 Å². The molecule has 0 bridgehead atoms. The van der Waals surface area contributed by atoms with Gasteiger partial charge in [0, 0.05) is 14.5 Å². The highest BCUT2D eigenvalue weighted by atomic mass is 28.3. The number of hydrogen-bond donors (Lipinski definition) is 0. The molecule has 12 heavy (non-hydrogen) atoms. The molecule has 0 aliphatic carbocycles. The highest BCUT2D eigenvalue weighted by Gasteiger charge is 2.13. The van der Waals surface area contributed by atoms with E-state index in [9.17, 15) is 0 Å². The average molecular weight is 184 g/mol. The molecular weight excluding hydrogens is 166 g/mol. The van der Waals surface area contributed by atoms with Crippen LogP contribution in [0.5, 0.6) is 0 Å². The lowest BCUT2D eigenvalue weighted by Gasteiger charge is -2.13. The molecule has 0 aliphatic heterocycles. The van der Waals surface area contributed by atoms with E-state index in [1.165, 1.54) is 12.5 Å². The van der Waals surface area contributed by atoms with Crippen molar-refractivity contribution in [2.75, 3.05) is 0 Å². The fourth-order valence-electron chi connectivity index (χ4n) is 1.18. The fourth-order valence-corrected chi connectivity index (χ4v) is 2.40. The Morgan fingerprint density at radius 2 is 2.08 bits per heavy atom. The summed E-state index contributed by atoms with van der Waals surface area (Å²) in [6.07, 6.45) is 6.74. The summed E-state index contributed by atoms with van der Waals surface area (Å²) in [6, 6.07) is 1.39. The Hall–Kier alpha value is -0.573. The van der Waals surface area contributed by atoms with Crippen LogP contribution in [0, 0.1) is 0 Å². The summed E-state index contributed by atoms with van der Waals surface area (Å²) < 4.78 is 7.07. The molecule has 0 aliphatic rings. The molecule has 3 heteroatoms. The Morgan fingerprint density at radius 1 is 1.33 bits per heavy atom. The van der Waals surface area contributed by atoms with Gasteiger partial charge >= 0.3 is 6.39 Å². The summed E-state index contributed by atoms with van der Waals surface area (Å²) in [5, 5.41) is 0. The van der Waals surface area contributed by atoms with Gasteiger partial charge in [0.25, 0.3) is 0 Å². The van der Waals surface area contributed by atoms with Crippen molar-refractivity contribution in [1.82, 2.24) is 0 Å². The second-order valence-electron chi connectivity index (χ2n) is 4.43. The van der Waals surface area contributed by atoms with Crippen LogP contribution in [0.1, 0.15) is 6.42 Å². The molecule has 0 atom stereocenters. The van der Waals surface area contributed by atoms with Crippen molar-refractivity contribution in [2.45, 2.75) is 38.7 Å². The molecule has 0 amide bonds. The smallest absolute Gasteiger partial charge is 0.334 e. The summed E-state index contributed by atoms with van der Waals surface area (Å²) in [5.74, 6) is 0. The van der Waals surface area contributed by atoms with Gasteiger partial charge in [0.1, 0.15) is 0 Å². The van der Waals surface area contributed by atoms with E-state index < -0.39 is 8.07 Å². The van der Waals surface area contributed by atoms with Gasteiger partial charge in [-0.2, -0.15) is 4.57 Å². The van der Waals surface area contributed by atoms with Crippen LogP contribution in [0.3, 0.4) is 0 Å². The zero-order chi connectivity index (χ0) is 9.03. The highest BCUT2D eigenvalue weighted by molar-refractivity contribution is 6.76. The third-order valence-electron chi connectivity index (χ3n) is 1.87. The van der Waals surface area contributed by atoms with E-state index in [0.29, 0.717) is 0 Å². The Morgan fingerprint density at radius 3 is 2.58 bits per heavy atom. The van der Waals surface area contributed by atoms with Gasteiger partial charge in [-0.15, -0.1) is 0 Å². The molecular formula is C9H18NOSi+. The maximum absolute atomic E-state index is 4.97. The first-order valence-corrected chi connectivity index (χ1v) is 8.20. The average Bonchev–Trinajstić information content (AvgIpc) is 2.36. The van der Waals surface area contributed by atoms with Crippen LogP contribution in [0.25, 0.3) is 0 Å². The molecule has 0 spiro atoms. The standard InChI is InChI=1S/C9H18NOSi/c1-12(2,3)8-4-5-10-6-7-11-9-10/h6-7,9H,4-5,8H2,1-3H3/q+1. The summed E-state index contributed by atoms with van der Waals surface area (Å²) in [5.41, 5.74) is 0. The maximum atomic E-state index is 4.97. The third kappa shape index (κ3) is 3.71. The Bertz CT molecular complexity index is 213. The zero-order valence-corrected chi connectivity index (χ0v) is 9.21. The minimum atomic E-state index is -0.835. The van der Waals surface area contributed by atoms with Crippen molar-refractivity contribution in [2.24, 2.45) is 0 Å². The largest absolute Gasteiger partial charge is 0.412 e. The molecule has 0 saturated heterocycles. The maximum Gasteiger partial charge on any atom is 0.334 e. The van der Waals surface area contributed by atoms with Gasteiger partial charge in [0.15, 0.2) is 12.8 Å². The molecule has 1 heterocycles. The van der Waals surface area contributed by atoms with Crippen molar-refractivity contribution in [3.05, 3.63) is 18.9 Å². The Labute approximate surface area is 75.2 Å². The first-order chi connectivity index (χ1) is 5.58. The molecule has 0 radical (unpaired) electrons. The normalized spacial score (nSPS) is 11.9. The fraction of sp³-hybridized carbons (Fsp3) is 0.667. The number of aryl methyl sites for hydroxylation is 1. The van der Waals surface area contributed by atoms with E-state index in [4.69, 9.17) is 4.42 Å².